The maximum absolute atomic E-state index is 10.2. The fraction of sp³-hybridized carbons (Fsp3) is 0.481. The van der Waals surface area contributed by atoms with Crippen molar-refractivity contribution in [2.75, 3.05) is 6.54 Å². The van der Waals surface area contributed by atoms with E-state index < -0.39 is 66.5 Å². The summed E-state index contributed by atoms with van der Waals surface area (Å²) in [4.78, 5) is 29.7. The normalized spacial score (nSPS) is 15.8. The number of carbonyl (C=O) groups excluding carboxylic acids is 3. The molecule has 0 spiro atoms. The molecule has 15 heteroatoms. The van der Waals surface area contributed by atoms with Crippen LogP contribution < -0.4 is 21.1 Å². The summed E-state index contributed by atoms with van der Waals surface area (Å²) in [6.45, 7) is 11.7. The summed E-state index contributed by atoms with van der Waals surface area (Å²) in [5, 5.41) is 88.2. The summed E-state index contributed by atoms with van der Waals surface area (Å²) in [5.74, 6) is -4.04. The smallest absolute Gasteiger partial charge is 0.670 e. The first-order valence-corrected chi connectivity index (χ1v) is 23.4. The maximum Gasteiger partial charge on any atom is 2.00 e. The quantitative estimate of drug-likeness (QED) is 0.0162. The topological polar surface area (TPSA) is 293 Å². The average Bonchev–Trinajstić information content (AvgIpc) is 3.29. The molecule has 0 aliphatic rings. The van der Waals surface area contributed by atoms with Gasteiger partial charge in [-0.3, -0.25) is 0 Å². The molecule has 0 aromatic rings. The molecule has 386 valence electrons. The standard InChI is InChI=1S/C22H32O5.C22H34O3.C7H14NO2.C3H6NO2.Ca/c1-2-3-9-14-19(23)15-10-6-4-5-7-11-16-20(24)21(25)17-12-8-13-18-22(26)27;1-3-5-7-14-18-21(24)22(25)19-15-11-9-8-10-13-17-20(23)16-12-6-4-2;1-6(7(9)10)4-2-3-5-8;1-2(4)3(5)6;/h3-12,15-16,19-21,23-25H,2,13-14,17-18H2,1H3,(H,26,27);6-15,17,19-25H,3-5,16,18H2,1-2H3;6H,1-5,8H2,(H,9,10);2,4H,1H3,(H,5,6);/q;;2*-1;+2/p-2/b6-4-,7-5+,9-3-,12-8-,15-10+,16-11+;10-8-,11-9+,12-6-,14-7-,17-13+,19-15+;;;/t19-,20+,21-;20-,21-,22+;6-;2-;/m0000./s1. The molecule has 0 aromatic heterocycles. The second-order valence-electron chi connectivity index (χ2n) is 15.1. The SMILES string of the molecule is CC/C=C\C[C@H](O)/C=C/C=C\C=C\C=C\[C@@H](O)[C@@H](O)C/C=C\CCC.CC/C=C\C[C@H](O)/C=C/C=C\C=C\C=C\[C@@H](O)[C@@H](O)C/C=C\CCC(=O)[O-].C[C@H]([NH-])C(=O)[O-].[CH2-][C@@H](CCCC[NH3+])C(=O)[O-].[Ca+2]. The predicted molar refractivity (Wildman–Crippen MR) is 274 cm³/mol. The number of nitrogens with one attached hydrogen (secondary N) is 1. The van der Waals surface area contributed by atoms with Crippen molar-refractivity contribution in [1.29, 1.82) is 0 Å². The minimum atomic E-state index is -1.32. The molecule has 8 atom stereocenters. The molecule has 0 rings (SSSR count). The van der Waals surface area contributed by atoms with Gasteiger partial charge in [0.05, 0.1) is 43.2 Å². The van der Waals surface area contributed by atoms with Gasteiger partial charge in [-0.05, 0) is 70.6 Å². The molecule has 0 unspecified atom stereocenters. The molecule has 0 amide bonds. The van der Waals surface area contributed by atoms with Crippen molar-refractivity contribution < 1.29 is 66.1 Å². The van der Waals surface area contributed by atoms with Crippen LogP contribution in [0.3, 0.4) is 0 Å². The van der Waals surface area contributed by atoms with Crippen LogP contribution in [0, 0.1) is 12.8 Å². The molecular weight excluding hydrogens is 909 g/mol. The van der Waals surface area contributed by atoms with Crippen molar-refractivity contribution >= 4 is 55.6 Å². The zero-order valence-electron chi connectivity index (χ0n) is 41.6. The zero-order chi connectivity index (χ0) is 52.2. The summed E-state index contributed by atoms with van der Waals surface area (Å²) in [6.07, 6.45) is 47.1. The maximum atomic E-state index is 10.2. The van der Waals surface area contributed by atoms with Crippen molar-refractivity contribution in [2.24, 2.45) is 5.92 Å². The van der Waals surface area contributed by atoms with Crippen molar-refractivity contribution in [3.05, 3.63) is 158 Å². The molecule has 0 saturated carbocycles. The van der Waals surface area contributed by atoms with E-state index in [4.69, 9.17) is 5.73 Å². The Morgan fingerprint density at radius 1 is 0.551 bits per heavy atom. The molecule has 0 heterocycles. The Hall–Kier alpha value is -3.77. The van der Waals surface area contributed by atoms with Crippen LogP contribution in [-0.2, 0) is 14.4 Å². The van der Waals surface area contributed by atoms with Crippen molar-refractivity contribution in [2.45, 2.75) is 154 Å². The van der Waals surface area contributed by atoms with E-state index >= 15 is 0 Å². The van der Waals surface area contributed by atoms with Gasteiger partial charge in [-0.2, -0.15) is 0 Å². The van der Waals surface area contributed by atoms with Gasteiger partial charge in [0.2, 0.25) is 0 Å². The summed E-state index contributed by atoms with van der Waals surface area (Å²) >= 11 is 0. The number of aliphatic carboxylic acids is 3. The Morgan fingerprint density at radius 2 is 0.913 bits per heavy atom. The minimum Gasteiger partial charge on any atom is -0.670 e. The third-order valence-electron chi connectivity index (χ3n) is 8.54. The van der Waals surface area contributed by atoms with Crippen LogP contribution >= 0.6 is 0 Å². The molecular formula is C54H84CaN2O12-2. The number of carboxylic acid groups (broad SMARTS) is 3. The number of hydrogen-bond acceptors (Lipinski definition) is 12. The van der Waals surface area contributed by atoms with Crippen LogP contribution in [0.2, 0.25) is 0 Å². The monoisotopic (exact) mass is 993 g/mol. The summed E-state index contributed by atoms with van der Waals surface area (Å²) in [7, 11) is 0. The van der Waals surface area contributed by atoms with E-state index in [2.05, 4.69) is 26.5 Å². The first-order valence-electron chi connectivity index (χ1n) is 23.4. The number of allylic oxidation sites excluding steroid dienone is 16. The van der Waals surface area contributed by atoms with Gasteiger partial charge in [0, 0.05) is 17.9 Å². The fourth-order valence-corrected chi connectivity index (χ4v) is 4.51. The van der Waals surface area contributed by atoms with Gasteiger partial charge in [-0.25, -0.2) is 0 Å². The second-order valence-corrected chi connectivity index (χ2v) is 15.1. The number of rotatable bonds is 33. The van der Waals surface area contributed by atoms with Gasteiger partial charge in [0.25, 0.3) is 0 Å². The van der Waals surface area contributed by atoms with E-state index in [0.29, 0.717) is 32.1 Å². The van der Waals surface area contributed by atoms with Gasteiger partial charge >= 0.3 is 37.7 Å². The number of unbranched alkanes of at least 4 members (excludes halogenated alkanes) is 2. The largest absolute Gasteiger partial charge is 2.00 e. The number of carbonyl (C=O) groups is 3. The Morgan fingerprint density at radius 3 is 1.25 bits per heavy atom. The van der Waals surface area contributed by atoms with Crippen LogP contribution in [0.15, 0.2) is 146 Å². The van der Waals surface area contributed by atoms with Gasteiger partial charge in [0.1, 0.15) is 0 Å². The van der Waals surface area contributed by atoms with Gasteiger partial charge < -0.3 is 78.7 Å². The number of aliphatic hydroxyl groups is 6. The Balaban J connectivity index is -0.000000298. The predicted octanol–water partition coefficient (Wildman–Crippen LogP) is 3.92. The first-order chi connectivity index (χ1) is 32.4. The van der Waals surface area contributed by atoms with Crippen LogP contribution in [0.1, 0.15) is 111 Å². The second kappa shape index (κ2) is 56.8. The number of aliphatic hydroxyl groups excluding tert-OH is 6. The number of hydrogen-bond donors (Lipinski definition) is 7. The van der Waals surface area contributed by atoms with Crippen molar-refractivity contribution in [3.63, 3.8) is 0 Å². The van der Waals surface area contributed by atoms with E-state index in [0.717, 1.165) is 45.1 Å². The van der Waals surface area contributed by atoms with E-state index in [1.54, 1.807) is 85.1 Å². The molecule has 0 aliphatic heterocycles. The molecule has 10 N–H and O–H groups in total. The molecule has 0 fully saturated rings. The molecule has 14 nitrogen and oxygen atoms in total. The van der Waals surface area contributed by atoms with E-state index in [1.165, 1.54) is 13.0 Å². The van der Waals surface area contributed by atoms with E-state index in [-0.39, 0.29) is 50.6 Å². The fourth-order valence-electron chi connectivity index (χ4n) is 4.51. The van der Waals surface area contributed by atoms with Gasteiger partial charge in [-0.15, -0.1) is 12.0 Å². The molecule has 0 saturated heterocycles. The summed E-state index contributed by atoms with van der Waals surface area (Å²) in [6, 6.07) is -1.09. The van der Waals surface area contributed by atoms with Crippen LogP contribution in [0.5, 0.6) is 0 Å². The van der Waals surface area contributed by atoms with E-state index in [1.807, 2.05) is 61.6 Å². The van der Waals surface area contributed by atoms with Gasteiger partial charge in [-0.1, -0.05) is 186 Å². The van der Waals surface area contributed by atoms with E-state index in [9.17, 15) is 60.3 Å². The number of quaternary nitrogens is 1. The molecule has 0 aliphatic carbocycles. The van der Waals surface area contributed by atoms with Crippen molar-refractivity contribution in [1.82, 2.24) is 0 Å². The Kier molecular flexibility index (Phi) is 61.1. The first kappa shape index (κ1) is 74.2. The molecule has 0 aromatic carbocycles. The summed E-state index contributed by atoms with van der Waals surface area (Å²) < 4.78 is 0. The van der Waals surface area contributed by atoms with Crippen LogP contribution in [0.25, 0.3) is 5.73 Å². The summed E-state index contributed by atoms with van der Waals surface area (Å²) in [5.41, 5.74) is 10.0. The Bertz CT molecular complexity index is 1590. The zero-order valence-corrected chi connectivity index (χ0v) is 43.8. The van der Waals surface area contributed by atoms with Crippen LogP contribution in [0.4, 0.5) is 0 Å². The molecule has 0 bridgehead atoms. The van der Waals surface area contributed by atoms with Gasteiger partial charge in [0.15, 0.2) is 0 Å². The minimum absolute atomic E-state index is 0. The number of carboxylic acids is 3. The van der Waals surface area contributed by atoms with Crippen LogP contribution in [-0.4, -0.2) is 135 Å². The average molecular weight is 993 g/mol. The third-order valence-corrected chi connectivity index (χ3v) is 8.54. The molecule has 0 radical (unpaired) electrons. The third kappa shape index (κ3) is 62.2. The molecule has 69 heavy (non-hydrogen) atoms. The Labute approximate surface area is 443 Å². The van der Waals surface area contributed by atoms with Crippen molar-refractivity contribution in [3.8, 4) is 0 Å².